The van der Waals surface area contributed by atoms with Gasteiger partial charge in [0.1, 0.15) is 4.32 Å². The number of likely N-dealkylation sites (N-methyl/N-ethyl adjacent to an activating group) is 1. The van der Waals surface area contributed by atoms with Crippen LogP contribution in [0.2, 0.25) is 0 Å². The highest BCUT2D eigenvalue weighted by Crippen LogP contribution is 2.34. The van der Waals surface area contributed by atoms with Gasteiger partial charge < -0.3 is 4.90 Å². The summed E-state index contributed by atoms with van der Waals surface area (Å²) < 4.78 is 31.4. The number of para-hydroxylation sites is 1. The molecule has 0 saturated carbocycles. The zero-order valence-corrected chi connectivity index (χ0v) is 17.7. The number of thiocarbonyl (C=S) groups is 1. The van der Waals surface area contributed by atoms with Gasteiger partial charge in [0.05, 0.1) is 10.7 Å². The van der Waals surface area contributed by atoms with Crippen LogP contribution in [-0.4, -0.2) is 46.9 Å². The number of carbonyl (C=O) groups excluding carboxylic acids is 1. The Balaban J connectivity index is 1.82. The van der Waals surface area contributed by atoms with Crippen LogP contribution in [0.3, 0.4) is 0 Å². The Kier molecular flexibility index (Phi) is 6.39. The number of rotatable bonds is 6. The summed E-state index contributed by atoms with van der Waals surface area (Å²) in [7, 11) is -3.97. The van der Waals surface area contributed by atoms with Crippen LogP contribution in [0.4, 0.5) is 5.69 Å². The fraction of sp³-hybridized carbons (Fsp3) is 0.263. The molecule has 0 aliphatic carbocycles. The summed E-state index contributed by atoms with van der Waals surface area (Å²) in [5.74, 6) is -0.351. The van der Waals surface area contributed by atoms with E-state index in [1.165, 1.54) is 11.8 Å². The highest BCUT2D eigenvalue weighted by Gasteiger charge is 2.30. The maximum absolute atomic E-state index is 12.3. The molecule has 0 atom stereocenters. The largest absolute Gasteiger partial charge is 0.347 e. The van der Waals surface area contributed by atoms with Gasteiger partial charge in [0.25, 0.3) is 16.0 Å². The third-order valence-corrected chi connectivity index (χ3v) is 6.56. The topological polar surface area (TPSA) is 77.9 Å². The summed E-state index contributed by atoms with van der Waals surface area (Å²) in [6.07, 6.45) is 7.80. The van der Waals surface area contributed by atoms with E-state index in [0.717, 1.165) is 16.8 Å². The van der Waals surface area contributed by atoms with E-state index in [2.05, 4.69) is 0 Å². The molecule has 0 radical (unpaired) electrons. The summed E-state index contributed by atoms with van der Waals surface area (Å²) in [6.45, 7) is 2.92. The van der Waals surface area contributed by atoms with Crippen molar-refractivity contribution < 1.29 is 17.8 Å². The minimum Gasteiger partial charge on any atom is -0.347 e. The van der Waals surface area contributed by atoms with Gasteiger partial charge in [-0.15, -0.1) is 0 Å². The Labute approximate surface area is 174 Å². The third kappa shape index (κ3) is 4.72. The maximum atomic E-state index is 12.3. The first kappa shape index (κ1) is 20.8. The van der Waals surface area contributed by atoms with Crippen LogP contribution in [0.25, 0.3) is 5.57 Å². The molecule has 28 heavy (non-hydrogen) atoms. The second-order valence-electron chi connectivity index (χ2n) is 6.24. The van der Waals surface area contributed by atoms with E-state index in [-0.39, 0.29) is 11.7 Å². The fourth-order valence-electron chi connectivity index (χ4n) is 3.02. The molecule has 2 aliphatic rings. The van der Waals surface area contributed by atoms with Gasteiger partial charge in [-0.05, 0) is 37.1 Å². The van der Waals surface area contributed by atoms with Gasteiger partial charge in [0.2, 0.25) is 0 Å². The summed E-state index contributed by atoms with van der Waals surface area (Å²) in [5, 5.41) is 0. The predicted molar refractivity (Wildman–Crippen MR) is 118 cm³/mol. The molecule has 9 heteroatoms. The smallest absolute Gasteiger partial charge is 0.266 e. The molecule has 0 aromatic heterocycles. The van der Waals surface area contributed by atoms with Crippen molar-refractivity contribution in [2.75, 3.05) is 23.7 Å². The lowest BCUT2D eigenvalue weighted by Crippen LogP contribution is -2.27. The van der Waals surface area contributed by atoms with Crippen LogP contribution in [0.15, 0.2) is 53.6 Å². The molecule has 0 unspecified atom stereocenters. The normalized spacial score (nSPS) is 19.8. The number of thioether (sulfide) groups is 1. The predicted octanol–water partition coefficient (Wildman–Crippen LogP) is 3.45. The summed E-state index contributed by atoms with van der Waals surface area (Å²) in [6, 6.07) is 7.78. The second-order valence-corrected chi connectivity index (χ2v) is 9.48. The van der Waals surface area contributed by atoms with E-state index >= 15 is 0 Å². The zero-order chi connectivity index (χ0) is 20.3. The Hall–Kier alpha value is -1.94. The van der Waals surface area contributed by atoms with E-state index in [1.807, 2.05) is 54.4 Å². The lowest BCUT2D eigenvalue weighted by Gasteiger charge is -2.27. The molecule has 0 bridgehead atoms. The number of anilines is 1. The molecule has 1 N–H and O–H groups in total. The molecule has 2 aliphatic heterocycles. The van der Waals surface area contributed by atoms with E-state index < -0.39 is 10.1 Å². The molecule has 1 aromatic rings. The molecule has 148 valence electrons. The van der Waals surface area contributed by atoms with Crippen LogP contribution < -0.4 is 4.90 Å². The lowest BCUT2D eigenvalue weighted by atomic mass is 9.99. The fourth-order valence-corrected chi connectivity index (χ4v) is 4.84. The van der Waals surface area contributed by atoms with Crippen molar-refractivity contribution in [3.63, 3.8) is 0 Å². The number of nitrogens with zero attached hydrogens (tertiary/aromatic N) is 2. The van der Waals surface area contributed by atoms with Crippen LogP contribution in [0.5, 0.6) is 0 Å². The van der Waals surface area contributed by atoms with Crippen LogP contribution >= 0.6 is 24.0 Å². The van der Waals surface area contributed by atoms with Gasteiger partial charge in [0.15, 0.2) is 0 Å². The van der Waals surface area contributed by atoms with Gasteiger partial charge in [-0.2, -0.15) is 8.42 Å². The Morgan fingerprint density at radius 1 is 1.25 bits per heavy atom. The van der Waals surface area contributed by atoms with E-state index in [4.69, 9.17) is 16.8 Å². The number of amides is 1. The van der Waals surface area contributed by atoms with Gasteiger partial charge in [-0.1, -0.05) is 48.3 Å². The van der Waals surface area contributed by atoms with E-state index in [9.17, 15) is 13.2 Å². The van der Waals surface area contributed by atoms with Gasteiger partial charge in [-0.3, -0.25) is 14.2 Å². The highest BCUT2D eigenvalue weighted by molar-refractivity contribution is 8.26. The SMILES string of the molecule is CCN1C(=O)/C(=C\C=C2/C=CN(CCCS(=O)(=O)O)c3ccccc32)SC1=S. The first-order chi connectivity index (χ1) is 13.3. The number of allylic oxidation sites excluding steroid dienone is 4. The molecule has 1 fully saturated rings. The summed E-state index contributed by atoms with van der Waals surface area (Å²) in [4.78, 5) is 16.5. The summed E-state index contributed by atoms with van der Waals surface area (Å²) in [5.41, 5.74) is 2.88. The van der Waals surface area contributed by atoms with Crippen molar-refractivity contribution in [2.45, 2.75) is 13.3 Å². The third-order valence-electron chi connectivity index (χ3n) is 4.36. The van der Waals surface area contributed by atoms with Gasteiger partial charge in [-0.25, -0.2) is 0 Å². The molecule has 1 saturated heterocycles. The monoisotopic (exact) mass is 436 g/mol. The molecule has 0 spiro atoms. The van der Waals surface area contributed by atoms with Crippen LogP contribution in [0, 0.1) is 0 Å². The van der Waals surface area contributed by atoms with Crippen molar-refractivity contribution in [1.82, 2.24) is 4.90 Å². The number of benzene rings is 1. The first-order valence-electron chi connectivity index (χ1n) is 8.75. The number of carbonyl (C=O) groups is 1. The Bertz CT molecular complexity index is 996. The highest BCUT2D eigenvalue weighted by atomic mass is 32.2. The molecule has 2 heterocycles. The zero-order valence-electron chi connectivity index (χ0n) is 15.2. The number of hydrogen-bond donors (Lipinski definition) is 1. The van der Waals surface area contributed by atoms with Crippen molar-refractivity contribution in [3.05, 3.63) is 59.2 Å². The Morgan fingerprint density at radius 2 is 2.00 bits per heavy atom. The second kappa shape index (κ2) is 8.60. The number of fused-ring (bicyclic) bond motifs is 1. The van der Waals surface area contributed by atoms with Gasteiger partial charge in [0, 0.05) is 30.5 Å². The lowest BCUT2D eigenvalue weighted by molar-refractivity contribution is -0.122. The Morgan fingerprint density at radius 3 is 2.68 bits per heavy atom. The summed E-state index contributed by atoms with van der Waals surface area (Å²) >= 11 is 6.53. The van der Waals surface area contributed by atoms with Crippen molar-refractivity contribution >= 4 is 55.6 Å². The minimum absolute atomic E-state index is 0.0748. The standard InChI is InChI=1S/C19H20N2O4S3/c1-2-21-18(22)17(27-19(21)26)9-8-14-10-12-20(11-5-13-28(23,24)25)16-7-4-3-6-15(14)16/h3-4,6-10,12H,2,5,11,13H2,1H3,(H,23,24,25)/b14-8+,17-9+. The average molecular weight is 437 g/mol. The van der Waals surface area contributed by atoms with Crippen molar-refractivity contribution in [3.8, 4) is 0 Å². The van der Waals surface area contributed by atoms with Crippen molar-refractivity contribution in [1.29, 1.82) is 0 Å². The van der Waals surface area contributed by atoms with E-state index in [1.54, 1.807) is 11.0 Å². The molecule has 1 aromatic carbocycles. The molecular weight excluding hydrogens is 416 g/mol. The molecule has 3 rings (SSSR count). The minimum atomic E-state index is -3.97. The van der Waals surface area contributed by atoms with E-state index in [0.29, 0.717) is 28.7 Å². The average Bonchev–Trinajstić information content (AvgIpc) is 2.92. The molecule has 1 amide bonds. The van der Waals surface area contributed by atoms with Crippen LogP contribution in [-0.2, 0) is 14.9 Å². The quantitative estimate of drug-likeness (QED) is 0.416. The molecule has 6 nitrogen and oxygen atoms in total. The molecular formula is C19H20N2O4S3. The van der Waals surface area contributed by atoms with Crippen molar-refractivity contribution in [2.24, 2.45) is 0 Å². The first-order valence-corrected chi connectivity index (χ1v) is 11.6. The number of hydrogen-bond acceptors (Lipinski definition) is 6. The maximum Gasteiger partial charge on any atom is 0.266 e. The van der Waals surface area contributed by atoms with Crippen LogP contribution in [0.1, 0.15) is 18.9 Å². The van der Waals surface area contributed by atoms with Gasteiger partial charge >= 0.3 is 0 Å².